The molecule has 0 aliphatic rings. The molecule has 2 rings (SSSR count). The first-order valence-corrected chi connectivity index (χ1v) is 6.50. The summed E-state index contributed by atoms with van der Waals surface area (Å²) in [5.41, 5.74) is 3.58. The lowest BCUT2D eigenvalue weighted by Crippen LogP contribution is -2.15. The van der Waals surface area contributed by atoms with Crippen LogP contribution >= 0.6 is 0 Å². The van der Waals surface area contributed by atoms with Gasteiger partial charge in [-0.25, -0.2) is 0 Å². The van der Waals surface area contributed by atoms with Crippen molar-refractivity contribution in [1.29, 1.82) is 0 Å². The molecule has 0 aliphatic heterocycles. The van der Waals surface area contributed by atoms with Crippen LogP contribution in [0.15, 0.2) is 78.9 Å². The zero-order valence-corrected chi connectivity index (χ0v) is 11.0. The van der Waals surface area contributed by atoms with Gasteiger partial charge in [0.2, 0.25) is 0 Å². The molecule has 0 aromatic heterocycles. The topological polar surface area (TPSA) is 12.0 Å². The van der Waals surface area contributed by atoms with Gasteiger partial charge in [-0.05, 0) is 16.7 Å². The molecule has 0 fully saturated rings. The molecule has 0 radical (unpaired) electrons. The van der Waals surface area contributed by atoms with Crippen LogP contribution in [0.25, 0.3) is 6.08 Å². The van der Waals surface area contributed by atoms with Gasteiger partial charge in [0.25, 0.3) is 0 Å². The van der Waals surface area contributed by atoms with E-state index in [2.05, 4.69) is 60.4 Å². The highest BCUT2D eigenvalue weighted by atomic mass is 14.8. The van der Waals surface area contributed by atoms with Crippen LogP contribution in [0.2, 0.25) is 0 Å². The SMILES string of the molecule is C=C(C=Cc1ccccc1)CNCc1ccccc1. The van der Waals surface area contributed by atoms with E-state index in [0.29, 0.717) is 0 Å². The Balaban J connectivity index is 1.75. The minimum atomic E-state index is 0.804. The molecule has 0 unspecified atom stereocenters. The molecule has 0 bridgehead atoms. The monoisotopic (exact) mass is 249 g/mol. The van der Waals surface area contributed by atoms with E-state index in [4.69, 9.17) is 0 Å². The Kier molecular flexibility index (Phi) is 5.15. The van der Waals surface area contributed by atoms with Crippen molar-refractivity contribution in [2.45, 2.75) is 6.54 Å². The van der Waals surface area contributed by atoms with E-state index in [0.717, 1.165) is 18.7 Å². The van der Waals surface area contributed by atoms with Crippen LogP contribution in [-0.2, 0) is 6.54 Å². The van der Waals surface area contributed by atoms with Crippen LogP contribution in [0.1, 0.15) is 11.1 Å². The normalized spacial score (nSPS) is 10.7. The molecule has 2 aromatic carbocycles. The Hall–Kier alpha value is -2.12. The van der Waals surface area contributed by atoms with Gasteiger partial charge in [0.15, 0.2) is 0 Å². The summed E-state index contributed by atoms with van der Waals surface area (Å²) in [6.45, 7) is 5.73. The first kappa shape index (κ1) is 13.3. The van der Waals surface area contributed by atoms with E-state index in [1.807, 2.05) is 24.3 Å². The van der Waals surface area contributed by atoms with Gasteiger partial charge < -0.3 is 5.32 Å². The molecule has 0 amide bonds. The van der Waals surface area contributed by atoms with Crippen LogP contribution in [-0.4, -0.2) is 6.54 Å². The van der Waals surface area contributed by atoms with E-state index < -0.39 is 0 Å². The smallest absolute Gasteiger partial charge is 0.0208 e. The van der Waals surface area contributed by atoms with Crippen LogP contribution in [0.3, 0.4) is 0 Å². The van der Waals surface area contributed by atoms with Gasteiger partial charge in [-0.1, -0.05) is 79.4 Å². The number of hydrogen-bond donors (Lipinski definition) is 1. The molecule has 96 valence electrons. The van der Waals surface area contributed by atoms with Crippen molar-refractivity contribution in [2.24, 2.45) is 0 Å². The molecule has 0 spiro atoms. The lowest BCUT2D eigenvalue weighted by Gasteiger charge is -2.04. The molecule has 1 N–H and O–H groups in total. The minimum absolute atomic E-state index is 0.804. The van der Waals surface area contributed by atoms with Crippen LogP contribution < -0.4 is 5.32 Å². The second-order valence-corrected chi connectivity index (χ2v) is 4.49. The van der Waals surface area contributed by atoms with Gasteiger partial charge in [0, 0.05) is 13.1 Å². The van der Waals surface area contributed by atoms with Crippen molar-refractivity contribution >= 4 is 6.08 Å². The van der Waals surface area contributed by atoms with Gasteiger partial charge in [0.05, 0.1) is 0 Å². The van der Waals surface area contributed by atoms with Crippen molar-refractivity contribution in [3.8, 4) is 0 Å². The quantitative estimate of drug-likeness (QED) is 0.762. The Morgan fingerprint density at radius 3 is 2.26 bits per heavy atom. The van der Waals surface area contributed by atoms with Crippen molar-refractivity contribution in [2.75, 3.05) is 6.54 Å². The van der Waals surface area contributed by atoms with Gasteiger partial charge in [-0.2, -0.15) is 0 Å². The van der Waals surface area contributed by atoms with Gasteiger partial charge in [-0.15, -0.1) is 0 Å². The maximum absolute atomic E-state index is 4.05. The summed E-state index contributed by atoms with van der Waals surface area (Å²) >= 11 is 0. The number of benzene rings is 2. The third-order valence-electron chi connectivity index (χ3n) is 2.84. The Bertz CT molecular complexity index is 526. The largest absolute Gasteiger partial charge is 0.309 e. The van der Waals surface area contributed by atoms with Gasteiger partial charge >= 0.3 is 0 Å². The number of hydrogen-bond acceptors (Lipinski definition) is 1. The van der Waals surface area contributed by atoms with E-state index >= 15 is 0 Å². The maximum Gasteiger partial charge on any atom is 0.0208 e. The van der Waals surface area contributed by atoms with E-state index in [1.165, 1.54) is 11.1 Å². The number of rotatable bonds is 6. The zero-order valence-electron chi connectivity index (χ0n) is 11.0. The maximum atomic E-state index is 4.05. The Morgan fingerprint density at radius 2 is 1.58 bits per heavy atom. The lowest BCUT2D eigenvalue weighted by atomic mass is 10.1. The zero-order chi connectivity index (χ0) is 13.3. The second-order valence-electron chi connectivity index (χ2n) is 4.49. The summed E-state index contributed by atoms with van der Waals surface area (Å²) in [6, 6.07) is 20.7. The van der Waals surface area contributed by atoms with E-state index in [-0.39, 0.29) is 0 Å². The molecule has 2 aromatic rings. The van der Waals surface area contributed by atoms with Gasteiger partial charge in [-0.3, -0.25) is 0 Å². The van der Waals surface area contributed by atoms with Crippen molar-refractivity contribution in [3.05, 3.63) is 90.0 Å². The average Bonchev–Trinajstić information content (AvgIpc) is 2.47. The third-order valence-corrected chi connectivity index (χ3v) is 2.84. The Labute approximate surface area is 115 Å². The molecule has 1 nitrogen and oxygen atoms in total. The molecule has 0 atom stereocenters. The highest BCUT2D eigenvalue weighted by molar-refractivity contribution is 5.52. The van der Waals surface area contributed by atoms with Crippen LogP contribution in [0.4, 0.5) is 0 Å². The van der Waals surface area contributed by atoms with Crippen molar-refractivity contribution < 1.29 is 0 Å². The molecular formula is C18H19N. The summed E-state index contributed by atoms with van der Waals surface area (Å²) in [6.07, 6.45) is 4.15. The fraction of sp³-hybridized carbons (Fsp3) is 0.111. The Morgan fingerprint density at radius 1 is 0.947 bits per heavy atom. The predicted octanol–water partition coefficient (Wildman–Crippen LogP) is 4.05. The van der Waals surface area contributed by atoms with Crippen LogP contribution in [0, 0.1) is 0 Å². The minimum Gasteiger partial charge on any atom is -0.309 e. The molecule has 0 heterocycles. The molecule has 1 heteroatoms. The van der Waals surface area contributed by atoms with Crippen molar-refractivity contribution in [1.82, 2.24) is 5.32 Å². The van der Waals surface area contributed by atoms with Gasteiger partial charge in [0.1, 0.15) is 0 Å². The summed E-state index contributed by atoms with van der Waals surface area (Å²) in [5, 5.41) is 3.39. The third kappa shape index (κ3) is 4.94. The molecule has 19 heavy (non-hydrogen) atoms. The fourth-order valence-corrected chi connectivity index (χ4v) is 1.80. The molecule has 0 aliphatic carbocycles. The second kappa shape index (κ2) is 7.34. The molecule has 0 saturated heterocycles. The first-order valence-electron chi connectivity index (χ1n) is 6.50. The summed E-state index contributed by atoms with van der Waals surface area (Å²) in [7, 11) is 0. The van der Waals surface area contributed by atoms with E-state index in [9.17, 15) is 0 Å². The highest BCUT2D eigenvalue weighted by Crippen LogP contribution is 2.04. The average molecular weight is 249 g/mol. The summed E-state index contributed by atoms with van der Waals surface area (Å²) in [5.74, 6) is 0. The molecular weight excluding hydrogens is 230 g/mol. The summed E-state index contributed by atoms with van der Waals surface area (Å²) in [4.78, 5) is 0. The van der Waals surface area contributed by atoms with E-state index in [1.54, 1.807) is 0 Å². The number of nitrogens with one attached hydrogen (secondary N) is 1. The highest BCUT2D eigenvalue weighted by Gasteiger charge is 1.92. The fourth-order valence-electron chi connectivity index (χ4n) is 1.80. The molecule has 0 saturated carbocycles. The first-order chi connectivity index (χ1) is 9.34. The lowest BCUT2D eigenvalue weighted by molar-refractivity contribution is 0.748. The van der Waals surface area contributed by atoms with Crippen molar-refractivity contribution in [3.63, 3.8) is 0 Å². The standard InChI is InChI=1S/C18H19N/c1-16(12-13-17-8-4-2-5-9-17)14-19-15-18-10-6-3-7-11-18/h2-13,19H,1,14-15H2. The predicted molar refractivity (Wildman–Crippen MR) is 82.8 cm³/mol. The summed E-state index contributed by atoms with van der Waals surface area (Å²) < 4.78 is 0. The van der Waals surface area contributed by atoms with Crippen LogP contribution in [0.5, 0.6) is 0 Å².